The summed E-state index contributed by atoms with van der Waals surface area (Å²) in [6, 6.07) is 3.77. The van der Waals surface area contributed by atoms with Gasteiger partial charge in [0.15, 0.2) is 9.84 Å². The van der Waals surface area contributed by atoms with Crippen LogP contribution in [-0.2, 0) is 15.6 Å². The molecule has 1 aromatic rings. The molecule has 2 aliphatic rings. The Hall–Kier alpha value is -1.18. The zero-order valence-electron chi connectivity index (χ0n) is 14.5. The van der Waals surface area contributed by atoms with Gasteiger partial charge in [0.2, 0.25) is 0 Å². The number of likely N-dealkylation sites (tertiary alicyclic amines) is 1. The smallest absolute Gasteiger partial charge is 0.151 e. The number of nitrogens with zero attached hydrogens (tertiary/aromatic N) is 3. The van der Waals surface area contributed by atoms with Crippen LogP contribution >= 0.6 is 0 Å². The SMILES string of the molecule is CN1CC(O)CC2(CCN(c3ccc(CS(C)(=O)=O)cn3)CC2)C1. The normalized spacial score (nSPS) is 25.1. The molecule has 0 radical (unpaired) electrons. The number of pyridine rings is 1. The summed E-state index contributed by atoms with van der Waals surface area (Å²) in [6.45, 7) is 3.69. The molecule has 2 fully saturated rings. The second-order valence-corrected chi connectivity index (χ2v) is 9.78. The number of hydrogen-bond donors (Lipinski definition) is 1. The minimum absolute atomic E-state index is 0.0353. The topological polar surface area (TPSA) is 73.7 Å². The first-order valence-corrected chi connectivity index (χ1v) is 10.6. The molecule has 1 atom stereocenters. The monoisotopic (exact) mass is 353 g/mol. The van der Waals surface area contributed by atoms with Gasteiger partial charge >= 0.3 is 0 Å². The standard InChI is InChI=1S/C17H27N3O3S/c1-19-11-15(21)9-17(13-19)5-7-20(8-6-17)16-4-3-14(10-18-16)12-24(2,22)23/h3-4,10,15,21H,5-9,11-13H2,1-2H3. The van der Waals surface area contributed by atoms with Gasteiger partial charge in [-0.15, -0.1) is 0 Å². The van der Waals surface area contributed by atoms with Crippen molar-refractivity contribution >= 4 is 15.7 Å². The summed E-state index contributed by atoms with van der Waals surface area (Å²) < 4.78 is 22.7. The maximum atomic E-state index is 11.3. The van der Waals surface area contributed by atoms with E-state index >= 15 is 0 Å². The van der Waals surface area contributed by atoms with Gasteiger partial charge in [-0.2, -0.15) is 0 Å². The van der Waals surface area contributed by atoms with Crippen molar-refractivity contribution in [1.29, 1.82) is 0 Å². The molecule has 6 nitrogen and oxygen atoms in total. The highest BCUT2D eigenvalue weighted by molar-refractivity contribution is 7.89. The lowest BCUT2D eigenvalue weighted by molar-refractivity contribution is -0.0112. The highest BCUT2D eigenvalue weighted by atomic mass is 32.2. The van der Waals surface area contributed by atoms with Gasteiger partial charge in [0.25, 0.3) is 0 Å². The Kier molecular flexibility index (Phi) is 4.86. The summed E-state index contributed by atoms with van der Waals surface area (Å²) in [5, 5.41) is 10.1. The van der Waals surface area contributed by atoms with Crippen LogP contribution in [-0.4, -0.2) is 69.0 Å². The average molecular weight is 353 g/mol. The number of sulfone groups is 1. The first kappa shape index (κ1) is 17.6. The van der Waals surface area contributed by atoms with E-state index in [-0.39, 0.29) is 17.3 Å². The van der Waals surface area contributed by atoms with E-state index in [0.29, 0.717) is 0 Å². The molecule has 3 heterocycles. The molecule has 1 unspecified atom stereocenters. The third-order valence-electron chi connectivity index (χ3n) is 5.18. The maximum Gasteiger partial charge on any atom is 0.151 e. The van der Waals surface area contributed by atoms with Crippen molar-refractivity contribution in [1.82, 2.24) is 9.88 Å². The quantitative estimate of drug-likeness (QED) is 0.871. The van der Waals surface area contributed by atoms with Crippen LogP contribution in [0, 0.1) is 5.41 Å². The molecule has 7 heteroatoms. The van der Waals surface area contributed by atoms with E-state index in [1.807, 2.05) is 12.1 Å². The Balaban J connectivity index is 1.62. The van der Waals surface area contributed by atoms with Gasteiger partial charge < -0.3 is 14.9 Å². The second-order valence-electron chi connectivity index (χ2n) is 7.64. The number of anilines is 1. The van der Waals surface area contributed by atoms with Crippen LogP contribution in [0.4, 0.5) is 5.82 Å². The Morgan fingerprint density at radius 3 is 2.58 bits per heavy atom. The van der Waals surface area contributed by atoms with E-state index < -0.39 is 9.84 Å². The van der Waals surface area contributed by atoms with Crippen molar-refractivity contribution in [3.8, 4) is 0 Å². The lowest BCUT2D eigenvalue weighted by Gasteiger charge is -2.48. The zero-order chi connectivity index (χ0) is 17.4. The lowest BCUT2D eigenvalue weighted by Crippen LogP contribution is -2.52. The molecule has 1 spiro atoms. The highest BCUT2D eigenvalue weighted by Crippen LogP contribution is 2.40. The van der Waals surface area contributed by atoms with Crippen molar-refractivity contribution in [3.05, 3.63) is 23.9 Å². The Morgan fingerprint density at radius 1 is 1.33 bits per heavy atom. The number of rotatable bonds is 3. The second kappa shape index (κ2) is 6.61. The van der Waals surface area contributed by atoms with Crippen LogP contribution in [0.25, 0.3) is 0 Å². The summed E-state index contributed by atoms with van der Waals surface area (Å²) in [5.74, 6) is 0.944. The lowest BCUT2D eigenvalue weighted by atomic mass is 9.72. The molecule has 1 N–H and O–H groups in total. The van der Waals surface area contributed by atoms with Gasteiger partial charge in [-0.3, -0.25) is 0 Å². The largest absolute Gasteiger partial charge is 0.392 e. The van der Waals surface area contributed by atoms with Crippen LogP contribution < -0.4 is 4.90 Å². The van der Waals surface area contributed by atoms with E-state index in [9.17, 15) is 13.5 Å². The number of likely N-dealkylation sites (N-methyl/N-ethyl adjacent to an activating group) is 1. The first-order chi connectivity index (χ1) is 11.2. The van der Waals surface area contributed by atoms with Crippen LogP contribution in [0.2, 0.25) is 0 Å². The summed E-state index contributed by atoms with van der Waals surface area (Å²) >= 11 is 0. The van der Waals surface area contributed by atoms with Crippen LogP contribution in [0.1, 0.15) is 24.8 Å². The Bertz CT molecular complexity index is 655. The fourth-order valence-electron chi connectivity index (χ4n) is 4.19. The molecule has 24 heavy (non-hydrogen) atoms. The van der Waals surface area contributed by atoms with Gasteiger partial charge in [0, 0.05) is 38.6 Å². The number of aliphatic hydroxyl groups is 1. The Morgan fingerprint density at radius 2 is 2.04 bits per heavy atom. The third kappa shape index (κ3) is 4.26. The molecular weight excluding hydrogens is 326 g/mol. The van der Waals surface area contributed by atoms with Crippen molar-refractivity contribution in [2.75, 3.05) is 44.4 Å². The number of β-amino-alcohol motifs (C(OH)–C–C–N with tert-alkyl or cyclic N) is 1. The van der Waals surface area contributed by atoms with Crippen molar-refractivity contribution in [2.24, 2.45) is 5.41 Å². The van der Waals surface area contributed by atoms with E-state index in [1.165, 1.54) is 6.26 Å². The van der Waals surface area contributed by atoms with Crippen LogP contribution in [0.3, 0.4) is 0 Å². The number of hydrogen-bond acceptors (Lipinski definition) is 6. The predicted octanol–water partition coefficient (Wildman–Crippen LogP) is 0.909. The molecule has 0 aliphatic carbocycles. The van der Waals surface area contributed by atoms with Gasteiger partial charge in [0.05, 0.1) is 11.9 Å². The summed E-state index contributed by atoms with van der Waals surface area (Å²) in [7, 11) is -0.944. The molecule has 3 rings (SSSR count). The highest BCUT2D eigenvalue weighted by Gasteiger charge is 2.40. The average Bonchev–Trinajstić information content (AvgIpc) is 2.46. The van der Waals surface area contributed by atoms with E-state index in [0.717, 1.165) is 56.8 Å². The molecule has 0 amide bonds. The van der Waals surface area contributed by atoms with Crippen LogP contribution in [0.5, 0.6) is 0 Å². The van der Waals surface area contributed by atoms with E-state index in [4.69, 9.17) is 0 Å². The molecule has 0 saturated carbocycles. The van der Waals surface area contributed by atoms with Crippen molar-refractivity contribution in [2.45, 2.75) is 31.1 Å². The van der Waals surface area contributed by atoms with E-state index in [2.05, 4.69) is 21.8 Å². The minimum Gasteiger partial charge on any atom is -0.392 e. The molecule has 0 aromatic carbocycles. The molecule has 134 valence electrons. The zero-order valence-corrected chi connectivity index (χ0v) is 15.3. The van der Waals surface area contributed by atoms with Crippen molar-refractivity contribution in [3.63, 3.8) is 0 Å². The summed E-state index contributed by atoms with van der Waals surface area (Å²) in [5.41, 5.74) is 0.950. The fourth-order valence-corrected chi connectivity index (χ4v) is 4.97. The summed E-state index contributed by atoms with van der Waals surface area (Å²) in [4.78, 5) is 8.95. The fraction of sp³-hybridized carbons (Fsp3) is 0.706. The molecule has 2 aliphatic heterocycles. The van der Waals surface area contributed by atoms with Gasteiger partial charge in [0.1, 0.15) is 5.82 Å². The predicted molar refractivity (Wildman–Crippen MR) is 94.8 cm³/mol. The number of aliphatic hydroxyl groups excluding tert-OH is 1. The number of aromatic nitrogens is 1. The molecule has 1 aromatic heterocycles. The number of piperidine rings is 2. The molecule has 2 saturated heterocycles. The molecule has 0 bridgehead atoms. The third-order valence-corrected chi connectivity index (χ3v) is 6.04. The summed E-state index contributed by atoms with van der Waals surface area (Å²) in [6.07, 6.45) is 5.69. The van der Waals surface area contributed by atoms with Gasteiger partial charge in [-0.05, 0) is 43.4 Å². The first-order valence-electron chi connectivity index (χ1n) is 8.49. The van der Waals surface area contributed by atoms with Gasteiger partial charge in [-0.1, -0.05) is 6.07 Å². The van der Waals surface area contributed by atoms with Gasteiger partial charge in [-0.25, -0.2) is 13.4 Å². The van der Waals surface area contributed by atoms with E-state index in [1.54, 1.807) is 6.20 Å². The molecular formula is C17H27N3O3S. The minimum atomic E-state index is -3.03. The Labute approximate surface area is 144 Å². The van der Waals surface area contributed by atoms with Crippen molar-refractivity contribution < 1.29 is 13.5 Å². The van der Waals surface area contributed by atoms with Crippen LogP contribution in [0.15, 0.2) is 18.3 Å². The maximum absolute atomic E-state index is 11.3.